The van der Waals surface area contributed by atoms with Crippen LogP contribution < -0.4 is 5.48 Å². The van der Waals surface area contributed by atoms with E-state index in [9.17, 15) is 4.39 Å². The Labute approximate surface area is 58.1 Å². The highest BCUT2D eigenvalue weighted by atomic mass is 19.1. The van der Waals surface area contributed by atoms with E-state index < -0.39 is 12.3 Å². The minimum Gasteiger partial charge on any atom is -0.388 e. The SMILES string of the molecule is O[C@@H]1[C@@H]2NOC[C@@H]2C[C@H]1F. The third-order valence-electron chi connectivity index (χ3n) is 2.29. The Morgan fingerprint density at radius 2 is 2.40 bits per heavy atom. The van der Waals surface area contributed by atoms with Crippen LogP contribution in [0, 0.1) is 5.92 Å². The third-order valence-corrected chi connectivity index (χ3v) is 2.29. The summed E-state index contributed by atoms with van der Waals surface area (Å²) in [6, 6.07) is -0.171. The summed E-state index contributed by atoms with van der Waals surface area (Å²) in [5.74, 6) is 0.171. The fourth-order valence-corrected chi connectivity index (χ4v) is 1.67. The number of hydroxylamine groups is 1. The van der Waals surface area contributed by atoms with Gasteiger partial charge in [-0.05, 0) is 6.42 Å². The van der Waals surface area contributed by atoms with Crippen LogP contribution in [-0.4, -0.2) is 30.0 Å². The fourth-order valence-electron chi connectivity index (χ4n) is 1.67. The van der Waals surface area contributed by atoms with Crippen molar-refractivity contribution in [1.29, 1.82) is 0 Å². The lowest BCUT2D eigenvalue weighted by Gasteiger charge is -2.11. The topological polar surface area (TPSA) is 41.5 Å². The minimum atomic E-state index is -1.06. The minimum absolute atomic E-state index is 0.171. The van der Waals surface area contributed by atoms with Crippen LogP contribution in [0.5, 0.6) is 0 Å². The van der Waals surface area contributed by atoms with Crippen molar-refractivity contribution >= 4 is 0 Å². The average Bonchev–Trinajstić information content (AvgIpc) is 2.41. The van der Waals surface area contributed by atoms with E-state index >= 15 is 0 Å². The molecule has 0 aromatic heterocycles. The van der Waals surface area contributed by atoms with Crippen molar-refractivity contribution in [2.45, 2.75) is 24.7 Å². The maximum atomic E-state index is 12.7. The van der Waals surface area contributed by atoms with Crippen LogP contribution in [0.15, 0.2) is 0 Å². The maximum Gasteiger partial charge on any atom is 0.128 e. The molecule has 2 N–H and O–H groups in total. The van der Waals surface area contributed by atoms with Crippen molar-refractivity contribution in [1.82, 2.24) is 5.48 Å². The number of nitrogens with one attached hydrogen (secondary N) is 1. The molecule has 1 saturated carbocycles. The molecule has 2 fully saturated rings. The molecular weight excluding hydrogens is 137 g/mol. The van der Waals surface area contributed by atoms with Gasteiger partial charge in [0.05, 0.1) is 12.6 Å². The normalized spacial score (nSPS) is 53.4. The number of fused-ring (bicyclic) bond motifs is 1. The van der Waals surface area contributed by atoms with Gasteiger partial charge >= 0.3 is 0 Å². The van der Waals surface area contributed by atoms with Gasteiger partial charge in [-0.1, -0.05) is 0 Å². The van der Waals surface area contributed by atoms with Crippen molar-refractivity contribution in [3.05, 3.63) is 0 Å². The summed E-state index contributed by atoms with van der Waals surface area (Å²) in [4.78, 5) is 4.85. The molecule has 4 atom stereocenters. The first-order chi connectivity index (χ1) is 4.79. The molecule has 0 aromatic carbocycles. The fraction of sp³-hybridized carbons (Fsp3) is 1.00. The molecule has 2 rings (SSSR count). The van der Waals surface area contributed by atoms with E-state index in [0.717, 1.165) is 0 Å². The van der Waals surface area contributed by atoms with E-state index in [-0.39, 0.29) is 12.0 Å². The van der Waals surface area contributed by atoms with Crippen molar-refractivity contribution < 1.29 is 14.3 Å². The molecule has 1 saturated heterocycles. The van der Waals surface area contributed by atoms with Gasteiger partial charge in [0.1, 0.15) is 12.3 Å². The summed E-state index contributed by atoms with van der Waals surface area (Å²) >= 11 is 0. The number of rotatable bonds is 0. The van der Waals surface area contributed by atoms with Gasteiger partial charge in [-0.2, -0.15) is 5.48 Å². The zero-order valence-electron chi connectivity index (χ0n) is 5.46. The first-order valence-electron chi connectivity index (χ1n) is 3.48. The smallest absolute Gasteiger partial charge is 0.128 e. The number of hydrogen-bond acceptors (Lipinski definition) is 3. The summed E-state index contributed by atoms with van der Waals surface area (Å²) in [5, 5.41) is 9.15. The van der Waals surface area contributed by atoms with Crippen LogP contribution in [0.3, 0.4) is 0 Å². The van der Waals surface area contributed by atoms with Crippen molar-refractivity contribution in [2.24, 2.45) is 5.92 Å². The van der Waals surface area contributed by atoms with Crippen LogP contribution >= 0.6 is 0 Å². The molecular formula is C6H10FNO2. The predicted octanol–water partition coefficient (Wildman–Crippen LogP) is -0.391. The van der Waals surface area contributed by atoms with E-state index in [1.165, 1.54) is 0 Å². The summed E-state index contributed by atoms with van der Waals surface area (Å²) in [6.07, 6.45) is -1.50. The molecule has 0 aromatic rings. The second-order valence-corrected chi connectivity index (χ2v) is 2.96. The highest BCUT2D eigenvalue weighted by Crippen LogP contribution is 2.31. The Balaban J connectivity index is 2.09. The highest BCUT2D eigenvalue weighted by molar-refractivity contribution is 4.96. The van der Waals surface area contributed by atoms with E-state index in [1.807, 2.05) is 0 Å². The zero-order chi connectivity index (χ0) is 7.14. The van der Waals surface area contributed by atoms with E-state index in [1.54, 1.807) is 0 Å². The van der Waals surface area contributed by atoms with Gasteiger partial charge in [0, 0.05) is 5.92 Å². The second kappa shape index (κ2) is 2.15. The number of aliphatic hydroxyl groups excluding tert-OH is 1. The number of aliphatic hydroxyl groups is 1. The largest absolute Gasteiger partial charge is 0.388 e. The predicted molar refractivity (Wildman–Crippen MR) is 31.9 cm³/mol. The average molecular weight is 147 g/mol. The molecule has 1 aliphatic carbocycles. The molecule has 0 spiro atoms. The van der Waals surface area contributed by atoms with Crippen LogP contribution in [0.2, 0.25) is 0 Å². The van der Waals surface area contributed by atoms with Gasteiger partial charge in [0.25, 0.3) is 0 Å². The molecule has 2 aliphatic rings. The molecule has 58 valence electrons. The Morgan fingerprint density at radius 1 is 1.60 bits per heavy atom. The second-order valence-electron chi connectivity index (χ2n) is 2.96. The molecule has 0 bridgehead atoms. The van der Waals surface area contributed by atoms with Gasteiger partial charge in [-0.15, -0.1) is 0 Å². The lowest BCUT2D eigenvalue weighted by atomic mass is 10.1. The van der Waals surface area contributed by atoms with Gasteiger partial charge in [0.15, 0.2) is 0 Å². The third kappa shape index (κ3) is 0.761. The molecule has 0 radical (unpaired) electrons. The Morgan fingerprint density at radius 3 is 3.10 bits per heavy atom. The summed E-state index contributed by atoms with van der Waals surface area (Å²) in [7, 11) is 0. The van der Waals surface area contributed by atoms with Gasteiger partial charge < -0.3 is 9.94 Å². The monoisotopic (exact) mass is 147 g/mol. The van der Waals surface area contributed by atoms with Crippen molar-refractivity contribution in [3.63, 3.8) is 0 Å². The van der Waals surface area contributed by atoms with Crippen molar-refractivity contribution in [3.8, 4) is 0 Å². The molecule has 0 unspecified atom stereocenters. The molecule has 4 heteroatoms. The molecule has 1 heterocycles. The van der Waals surface area contributed by atoms with Crippen LogP contribution in [-0.2, 0) is 4.84 Å². The first kappa shape index (κ1) is 6.52. The van der Waals surface area contributed by atoms with E-state index in [0.29, 0.717) is 13.0 Å². The molecule has 0 amide bonds. The highest BCUT2D eigenvalue weighted by Gasteiger charge is 2.46. The van der Waals surface area contributed by atoms with Gasteiger partial charge in [-0.3, -0.25) is 0 Å². The molecule has 3 nitrogen and oxygen atoms in total. The Bertz CT molecular complexity index is 142. The zero-order valence-corrected chi connectivity index (χ0v) is 5.46. The first-order valence-corrected chi connectivity index (χ1v) is 3.48. The number of halogens is 1. The van der Waals surface area contributed by atoms with E-state index in [4.69, 9.17) is 9.94 Å². The van der Waals surface area contributed by atoms with Crippen LogP contribution in [0.4, 0.5) is 4.39 Å². The molecule has 10 heavy (non-hydrogen) atoms. The summed E-state index contributed by atoms with van der Waals surface area (Å²) in [5.41, 5.74) is 2.61. The maximum absolute atomic E-state index is 12.7. The van der Waals surface area contributed by atoms with E-state index in [2.05, 4.69) is 5.48 Å². The van der Waals surface area contributed by atoms with Gasteiger partial charge in [-0.25, -0.2) is 4.39 Å². The Kier molecular flexibility index (Phi) is 1.40. The lowest BCUT2D eigenvalue weighted by molar-refractivity contribution is 0.0190. The van der Waals surface area contributed by atoms with Crippen molar-refractivity contribution in [2.75, 3.05) is 6.61 Å². The lowest BCUT2D eigenvalue weighted by Crippen LogP contribution is -2.36. The van der Waals surface area contributed by atoms with Crippen LogP contribution in [0.25, 0.3) is 0 Å². The molecule has 1 aliphatic heterocycles. The van der Waals surface area contributed by atoms with Crippen LogP contribution in [0.1, 0.15) is 6.42 Å². The standard InChI is InChI=1S/C6H10FNO2/c7-4-1-3-2-10-8-5(3)6(4)9/h3-6,8-9H,1-2H2/t3-,4+,5+,6-/m0/s1. The number of alkyl halides is 1. The summed E-state index contributed by atoms with van der Waals surface area (Å²) < 4.78 is 12.7. The summed E-state index contributed by atoms with van der Waals surface area (Å²) in [6.45, 7) is 0.530. The quantitative estimate of drug-likeness (QED) is 0.490. The number of hydrogen-bond donors (Lipinski definition) is 2. The Hall–Kier alpha value is -0.190. The van der Waals surface area contributed by atoms with Gasteiger partial charge in [0.2, 0.25) is 0 Å².